The molecule has 1 rings (SSSR count). The molecule has 0 spiro atoms. The van der Waals surface area contributed by atoms with Gasteiger partial charge in [0, 0.05) is 0 Å². The van der Waals surface area contributed by atoms with Crippen molar-refractivity contribution in [1.29, 1.82) is 0 Å². The molecule has 0 heterocycles. The van der Waals surface area contributed by atoms with Gasteiger partial charge in [-0.2, -0.15) is 0 Å². The van der Waals surface area contributed by atoms with E-state index in [1.807, 2.05) is 5.32 Å². The van der Waals surface area contributed by atoms with Gasteiger partial charge in [0.25, 0.3) is 5.91 Å². The van der Waals surface area contributed by atoms with E-state index in [1.165, 1.54) is 19.2 Å². The Morgan fingerprint density at radius 2 is 1.75 bits per heavy atom. The van der Waals surface area contributed by atoms with E-state index in [4.69, 9.17) is 9.47 Å². The van der Waals surface area contributed by atoms with Gasteiger partial charge in [-0.3, -0.25) is 10.1 Å². The number of esters is 1. The van der Waals surface area contributed by atoms with E-state index >= 15 is 0 Å². The van der Waals surface area contributed by atoms with Gasteiger partial charge < -0.3 is 14.2 Å². The molecule has 0 radical (unpaired) electrons. The second-order valence-electron chi connectivity index (χ2n) is 3.57. The average Bonchev–Trinajstić information content (AvgIpc) is 2.45. The Morgan fingerprint density at radius 3 is 2.30 bits per heavy atom. The molecule has 20 heavy (non-hydrogen) atoms. The number of methoxy groups -OCH3 is 1. The lowest BCUT2D eigenvalue weighted by molar-refractivity contribution is -0.123. The maximum atomic E-state index is 11.6. The van der Waals surface area contributed by atoms with Crippen LogP contribution in [0.3, 0.4) is 0 Å². The van der Waals surface area contributed by atoms with E-state index in [0.29, 0.717) is 5.75 Å². The lowest BCUT2D eigenvalue weighted by Gasteiger charge is -2.06. The largest absolute Gasteiger partial charge is 0.497 e. The highest BCUT2D eigenvalue weighted by Gasteiger charge is 2.12. The Labute approximate surface area is 115 Å². The van der Waals surface area contributed by atoms with E-state index in [1.54, 1.807) is 19.1 Å². The van der Waals surface area contributed by atoms with Crippen molar-refractivity contribution >= 4 is 18.0 Å². The number of imide groups is 1. The lowest BCUT2D eigenvalue weighted by atomic mass is 10.2. The first-order valence-corrected chi connectivity index (χ1v) is 5.84. The second-order valence-corrected chi connectivity index (χ2v) is 3.57. The van der Waals surface area contributed by atoms with Crippen LogP contribution in [0.2, 0.25) is 0 Å². The number of rotatable bonds is 5. The predicted octanol–water partition coefficient (Wildman–Crippen LogP) is 1.12. The van der Waals surface area contributed by atoms with Crippen molar-refractivity contribution in [2.24, 2.45) is 0 Å². The van der Waals surface area contributed by atoms with Crippen LogP contribution >= 0.6 is 0 Å². The van der Waals surface area contributed by atoms with Crippen molar-refractivity contribution in [3.8, 4) is 5.75 Å². The molecule has 0 fully saturated rings. The number of hydrogen-bond donors (Lipinski definition) is 1. The highest BCUT2D eigenvalue weighted by Crippen LogP contribution is 2.11. The summed E-state index contributed by atoms with van der Waals surface area (Å²) in [5.41, 5.74) is 0.273. The summed E-state index contributed by atoms with van der Waals surface area (Å²) in [6.45, 7) is 1.18. The van der Waals surface area contributed by atoms with Crippen molar-refractivity contribution in [2.75, 3.05) is 20.3 Å². The Morgan fingerprint density at radius 1 is 1.10 bits per heavy atom. The molecule has 7 heteroatoms. The fraction of sp³-hybridized carbons (Fsp3) is 0.308. The van der Waals surface area contributed by atoms with E-state index in [2.05, 4.69) is 4.74 Å². The van der Waals surface area contributed by atoms with Crippen molar-refractivity contribution in [1.82, 2.24) is 5.32 Å². The van der Waals surface area contributed by atoms with Crippen LogP contribution in [0, 0.1) is 0 Å². The molecule has 108 valence electrons. The first-order valence-electron chi connectivity index (χ1n) is 5.84. The summed E-state index contributed by atoms with van der Waals surface area (Å²) in [6, 6.07) is 6.19. The summed E-state index contributed by atoms with van der Waals surface area (Å²) in [6.07, 6.45) is -0.877. The molecule has 0 aromatic heterocycles. The minimum absolute atomic E-state index is 0.144. The smallest absolute Gasteiger partial charge is 0.413 e. The summed E-state index contributed by atoms with van der Waals surface area (Å²) >= 11 is 0. The molecular formula is C13H15NO6. The second kappa shape index (κ2) is 7.78. The molecule has 1 N–H and O–H groups in total. The molecule has 0 aliphatic carbocycles. The SMILES string of the molecule is CCOC(=O)NC(=O)COC(=O)c1ccc(OC)cc1. The Hall–Kier alpha value is -2.57. The van der Waals surface area contributed by atoms with Gasteiger partial charge in [-0.05, 0) is 31.2 Å². The summed E-state index contributed by atoms with van der Waals surface area (Å²) in [5.74, 6) is -0.835. The van der Waals surface area contributed by atoms with E-state index in [9.17, 15) is 14.4 Å². The molecule has 1 aromatic rings. The summed E-state index contributed by atoms with van der Waals surface area (Å²) in [5, 5.41) is 1.91. The standard InChI is InChI=1S/C13H15NO6/c1-3-19-13(17)14-11(15)8-20-12(16)9-4-6-10(18-2)7-5-9/h4-7H,3,8H2,1-2H3,(H,14,15,17). The van der Waals surface area contributed by atoms with Crippen LogP contribution in [0.5, 0.6) is 5.75 Å². The molecule has 0 saturated carbocycles. The van der Waals surface area contributed by atoms with Crippen LogP contribution in [0.15, 0.2) is 24.3 Å². The molecule has 0 aliphatic rings. The van der Waals surface area contributed by atoms with Crippen molar-refractivity contribution < 1.29 is 28.6 Å². The summed E-state index contributed by atoms with van der Waals surface area (Å²) in [4.78, 5) is 33.8. The van der Waals surface area contributed by atoms with Crippen LogP contribution < -0.4 is 10.1 Å². The number of alkyl carbamates (subject to hydrolysis) is 1. The number of benzene rings is 1. The Bertz CT molecular complexity index is 482. The molecule has 0 bridgehead atoms. The van der Waals surface area contributed by atoms with Gasteiger partial charge in [0.05, 0.1) is 19.3 Å². The third kappa shape index (κ3) is 4.97. The number of amides is 2. The number of carbonyl (C=O) groups is 3. The average molecular weight is 281 g/mol. The van der Waals surface area contributed by atoms with Crippen LogP contribution in [-0.4, -0.2) is 38.3 Å². The first-order chi connectivity index (χ1) is 9.56. The summed E-state index contributed by atoms with van der Waals surface area (Å²) in [7, 11) is 1.51. The zero-order valence-electron chi connectivity index (χ0n) is 11.2. The van der Waals surface area contributed by atoms with E-state index in [-0.39, 0.29) is 12.2 Å². The molecule has 0 unspecified atom stereocenters. The molecule has 0 aliphatic heterocycles. The highest BCUT2D eigenvalue weighted by atomic mass is 16.6. The number of ether oxygens (including phenoxy) is 3. The summed E-state index contributed by atoms with van der Waals surface area (Å²) < 4.78 is 14.2. The maximum absolute atomic E-state index is 11.6. The van der Waals surface area contributed by atoms with Gasteiger partial charge in [-0.1, -0.05) is 0 Å². The van der Waals surface area contributed by atoms with Crippen molar-refractivity contribution in [3.63, 3.8) is 0 Å². The van der Waals surface area contributed by atoms with Gasteiger partial charge in [-0.25, -0.2) is 9.59 Å². The minimum atomic E-state index is -0.877. The van der Waals surface area contributed by atoms with Crippen molar-refractivity contribution in [3.05, 3.63) is 29.8 Å². The van der Waals surface area contributed by atoms with Crippen LogP contribution in [0.4, 0.5) is 4.79 Å². The minimum Gasteiger partial charge on any atom is -0.497 e. The third-order valence-electron chi connectivity index (χ3n) is 2.18. The molecule has 7 nitrogen and oxygen atoms in total. The quantitative estimate of drug-likeness (QED) is 0.813. The Kier molecular flexibility index (Phi) is 6.02. The van der Waals surface area contributed by atoms with Crippen molar-refractivity contribution in [2.45, 2.75) is 6.92 Å². The number of carbonyl (C=O) groups excluding carboxylic acids is 3. The van der Waals surface area contributed by atoms with Gasteiger partial charge in [0.1, 0.15) is 5.75 Å². The molecular weight excluding hydrogens is 266 g/mol. The highest BCUT2D eigenvalue weighted by molar-refractivity contribution is 5.95. The molecule has 1 aromatic carbocycles. The zero-order chi connectivity index (χ0) is 15.0. The van der Waals surface area contributed by atoms with E-state index in [0.717, 1.165) is 0 Å². The monoisotopic (exact) mass is 281 g/mol. The lowest BCUT2D eigenvalue weighted by Crippen LogP contribution is -2.34. The molecule has 0 atom stereocenters. The maximum Gasteiger partial charge on any atom is 0.413 e. The normalized spacial score (nSPS) is 9.50. The number of hydrogen-bond acceptors (Lipinski definition) is 6. The fourth-order valence-corrected chi connectivity index (χ4v) is 1.26. The first kappa shape index (κ1) is 15.5. The van der Waals surface area contributed by atoms with Crippen LogP contribution in [-0.2, 0) is 14.3 Å². The fourth-order valence-electron chi connectivity index (χ4n) is 1.26. The van der Waals surface area contributed by atoms with Gasteiger partial charge in [-0.15, -0.1) is 0 Å². The van der Waals surface area contributed by atoms with E-state index < -0.39 is 24.6 Å². The predicted molar refractivity (Wildman–Crippen MR) is 68.4 cm³/mol. The molecule has 0 saturated heterocycles. The van der Waals surface area contributed by atoms with Crippen LogP contribution in [0.25, 0.3) is 0 Å². The number of nitrogens with one attached hydrogen (secondary N) is 1. The topological polar surface area (TPSA) is 90.9 Å². The van der Waals surface area contributed by atoms with Gasteiger partial charge >= 0.3 is 12.1 Å². The molecule has 2 amide bonds. The van der Waals surface area contributed by atoms with Gasteiger partial charge in [0.2, 0.25) is 0 Å². The zero-order valence-corrected chi connectivity index (χ0v) is 11.2. The third-order valence-corrected chi connectivity index (χ3v) is 2.18. The van der Waals surface area contributed by atoms with Crippen LogP contribution in [0.1, 0.15) is 17.3 Å². The Balaban J connectivity index is 2.42. The van der Waals surface area contributed by atoms with Gasteiger partial charge in [0.15, 0.2) is 6.61 Å².